The molecule has 1 aromatic carbocycles. The summed E-state index contributed by atoms with van der Waals surface area (Å²) in [5.74, 6) is -1.29. The molecule has 0 unspecified atom stereocenters. The second-order valence-corrected chi connectivity index (χ2v) is 4.56. The lowest BCUT2D eigenvalue weighted by molar-refractivity contribution is -0.137. The van der Waals surface area contributed by atoms with Crippen LogP contribution in [0.1, 0.15) is 11.1 Å². The fourth-order valence-electron chi connectivity index (χ4n) is 1.78. The minimum atomic E-state index is -0.990. The van der Waals surface area contributed by atoms with Crippen molar-refractivity contribution in [3.63, 3.8) is 0 Å². The first-order valence-electron chi connectivity index (χ1n) is 6.33. The zero-order valence-electron chi connectivity index (χ0n) is 11.5. The summed E-state index contributed by atoms with van der Waals surface area (Å²) in [7, 11) is 0. The molecule has 0 atom stereocenters. The number of anilines is 1. The minimum Gasteiger partial charge on any atom is -0.480 e. The molecule has 0 spiro atoms. The molecule has 0 fully saturated rings. The highest BCUT2D eigenvalue weighted by Crippen LogP contribution is 2.07. The van der Waals surface area contributed by atoms with E-state index < -0.39 is 5.97 Å². The smallest absolute Gasteiger partial charge is 0.325 e. The molecule has 0 aliphatic rings. The van der Waals surface area contributed by atoms with Crippen molar-refractivity contribution < 1.29 is 14.7 Å². The summed E-state index contributed by atoms with van der Waals surface area (Å²) in [6.45, 7) is 1.74. The van der Waals surface area contributed by atoms with E-state index in [0.717, 1.165) is 11.1 Å². The number of rotatable bonds is 5. The summed E-state index contributed by atoms with van der Waals surface area (Å²) >= 11 is 0. The molecular weight excluding hydrogens is 270 g/mol. The summed E-state index contributed by atoms with van der Waals surface area (Å²) in [4.78, 5) is 22.3. The number of benzene rings is 1. The highest BCUT2D eigenvalue weighted by molar-refractivity contribution is 6.01. The minimum absolute atomic E-state index is 0.241. The van der Waals surface area contributed by atoms with Gasteiger partial charge in [0.2, 0.25) is 5.91 Å². The van der Waals surface area contributed by atoms with Crippen molar-refractivity contribution in [2.45, 2.75) is 13.5 Å². The van der Waals surface area contributed by atoms with Crippen LogP contribution >= 0.6 is 0 Å². The van der Waals surface area contributed by atoms with Crippen LogP contribution in [0.2, 0.25) is 0 Å². The van der Waals surface area contributed by atoms with E-state index in [9.17, 15) is 9.59 Å². The van der Waals surface area contributed by atoms with Crippen LogP contribution in [0.15, 0.2) is 42.7 Å². The fourth-order valence-corrected chi connectivity index (χ4v) is 1.78. The quantitative estimate of drug-likeness (QED) is 0.822. The Morgan fingerprint density at radius 2 is 2.24 bits per heavy atom. The molecule has 2 N–H and O–H groups in total. The third kappa shape index (κ3) is 4.61. The SMILES string of the molecule is Cc1cccc(/C=C/C(=O)Nc2cnn(CC(=O)O)c2)c1. The number of hydrogen-bond acceptors (Lipinski definition) is 3. The van der Waals surface area contributed by atoms with Gasteiger partial charge >= 0.3 is 5.97 Å². The van der Waals surface area contributed by atoms with Crippen LogP contribution in [-0.4, -0.2) is 26.8 Å². The van der Waals surface area contributed by atoms with Crippen molar-refractivity contribution in [3.05, 3.63) is 53.9 Å². The average Bonchev–Trinajstić information content (AvgIpc) is 2.83. The van der Waals surface area contributed by atoms with Gasteiger partial charge in [-0.2, -0.15) is 5.10 Å². The van der Waals surface area contributed by atoms with Gasteiger partial charge < -0.3 is 10.4 Å². The Hall–Kier alpha value is -2.89. The van der Waals surface area contributed by atoms with E-state index in [-0.39, 0.29) is 12.5 Å². The summed E-state index contributed by atoms with van der Waals surface area (Å²) in [6, 6.07) is 7.77. The topological polar surface area (TPSA) is 84.2 Å². The Kier molecular flexibility index (Phi) is 4.50. The Balaban J connectivity index is 1.95. The molecule has 0 aliphatic carbocycles. The van der Waals surface area contributed by atoms with Crippen LogP contribution < -0.4 is 5.32 Å². The van der Waals surface area contributed by atoms with Crippen molar-refractivity contribution in [2.24, 2.45) is 0 Å². The van der Waals surface area contributed by atoms with E-state index in [2.05, 4.69) is 10.4 Å². The molecule has 21 heavy (non-hydrogen) atoms. The second kappa shape index (κ2) is 6.51. The number of nitrogens with one attached hydrogen (secondary N) is 1. The fraction of sp³-hybridized carbons (Fsp3) is 0.133. The first-order valence-corrected chi connectivity index (χ1v) is 6.33. The van der Waals surface area contributed by atoms with Crippen LogP contribution in [0.3, 0.4) is 0 Å². The van der Waals surface area contributed by atoms with Gasteiger partial charge in [0.25, 0.3) is 0 Å². The van der Waals surface area contributed by atoms with Gasteiger partial charge in [-0.1, -0.05) is 29.8 Å². The van der Waals surface area contributed by atoms with Crippen LogP contribution in [0, 0.1) is 6.92 Å². The number of amides is 1. The van der Waals surface area contributed by atoms with E-state index in [1.165, 1.54) is 23.2 Å². The molecule has 0 saturated heterocycles. The molecule has 0 saturated carbocycles. The van der Waals surface area contributed by atoms with E-state index >= 15 is 0 Å². The van der Waals surface area contributed by atoms with Gasteiger partial charge in [0, 0.05) is 12.3 Å². The van der Waals surface area contributed by atoms with Crippen LogP contribution in [-0.2, 0) is 16.1 Å². The van der Waals surface area contributed by atoms with E-state index in [1.54, 1.807) is 6.08 Å². The van der Waals surface area contributed by atoms with Crippen LogP contribution in [0.5, 0.6) is 0 Å². The zero-order chi connectivity index (χ0) is 15.2. The molecule has 6 heteroatoms. The van der Waals surface area contributed by atoms with Crippen molar-refractivity contribution in [3.8, 4) is 0 Å². The van der Waals surface area contributed by atoms with Crippen molar-refractivity contribution in [2.75, 3.05) is 5.32 Å². The maximum absolute atomic E-state index is 11.8. The third-order valence-electron chi connectivity index (χ3n) is 2.67. The van der Waals surface area contributed by atoms with Gasteiger partial charge in [-0.25, -0.2) is 0 Å². The molecular formula is C15H15N3O3. The van der Waals surface area contributed by atoms with E-state index in [4.69, 9.17) is 5.11 Å². The van der Waals surface area contributed by atoms with Gasteiger partial charge in [0.05, 0.1) is 11.9 Å². The summed E-state index contributed by atoms with van der Waals surface area (Å²) in [5, 5.41) is 15.1. The Morgan fingerprint density at radius 1 is 1.43 bits per heavy atom. The second-order valence-electron chi connectivity index (χ2n) is 4.56. The van der Waals surface area contributed by atoms with E-state index in [0.29, 0.717) is 5.69 Å². The first-order chi connectivity index (χ1) is 10.0. The Labute approximate surface area is 121 Å². The lowest BCUT2D eigenvalue weighted by Gasteiger charge is -1.98. The lowest BCUT2D eigenvalue weighted by atomic mass is 10.1. The molecule has 0 bridgehead atoms. The van der Waals surface area contributed by atoms with Gasteiger partial charge in [0.1, 0.15) is 6.54 Å². The third-order valence-corrected chi connectivity index (χ3v) is 2.67. The van der Waals surface area contributed by atoms with Crippen LogP contribution in [0.25, 0.3) is 6.08 Å². The number of nitrogens with zero attached hydrogens (tertiary/aromatic N) is 2. The maximum Gasteiger partial charge on any atom is 0.325 e. The molecule has 2 rings (SSSR count). The highest BCUT2D eigenvalue weighted by Gasteiger charge is 2.04. The number of aryl methyl sites for hydroxylation is 1. The van der Waals surface area contributed by atoms with Gasteiger partial charge in [-0.15, -0.1) is 0 Å². The number of hydrogen-bond donors (Lipinski definition) is 2. The predicted molar refractivity (Wildman–Crippen MR) is 78.7 cm³/mol. The predicted octanol–water partition coefficient (Wildman–Crippen LogP) is 1.93. The summed E-state index contributed by atoms with van der Waals surface area (Å²) < 4.78 is 1.24. The number of aliphatic carboxylic acids is 1. The monoisotopic (exact) mass is 285 g/mol. The largest absolute Gasteiger partial charge is 0.480 e. The lowest BCUT2D eigenvalue weighted by Crippen LogP contribution is -2.09. The average molecular weight is 285 g/mol. The van der Waals surface area contributed by atoms with Gasteiger partial charge in [-0.3, -0.25) is 14.3 Å². The van der Waals surface area contributed by atoms with E-state index in [1.807, 2.05) is 31.2 Å². The number of carbonyl (C=O) groups excluding carboxylic acids is 1. The summed E-state index contributed by atoms with van der Waals surface area (Å²) in [5.41, 5.74) is 2.51. The molecule has 0 radical (unpaired) electrons. The molecule has 1 aromatic heterocycles. The molecule has 6 nitrogen and oxygen atoms in total. The number of carbonyl (C=O) groups is 2. The van der Waals surface area contributed by atoms with Crippen molar-refractivity contribution in [1.29, 1.82) is 0 Å². The van der Waals surface area contributed by atoms with Crippen molar-refractivity contribution >= 4 is 23.6 Å². The normalized spacial score (nSPS) is 10.7. The maximum atomic E-state index is 11.8. The Bertz CT molecular complexity index is 689. The van der Waals surface area contributed by atoms with Crippen LogP contribution in [0.4, 0.5) is 5.69 Å². The first kappa shape index (κ1) is 14.5. The molecule has 108 valence electrons. The van der Waals surface area contributed by atoms with Gasteiger partial charge in [-0.05, 0) is 18.6 Å². The standard InChI is InChI=1S/C15H15N3O3/c1-11-3-2-4-12(7-11)5-6-14(19)17-13-8-16-18(9-13)10-15(20)21/h2-9H,10H2,1H3,(H,17,19)(H,20,21)/b6-5+. The summed E-state index contributed by atoms with van der Waals surface area (Å²) in [6.07, 6.45) is 6.00. The number of carboxylic acids is 1. The number of aromatic nitrogens is 2. The zero-order valence-corrected chi connectivity index (χ0v) is 11.5. The van der Waals surface area contributed by atoms with Gasteiger partial charge in [0.15, 0.2) is 0 Å². The molecule has 1 heterocycles. The molecule has 0 aliphatic heterocycles. The van der Waals surface area contributed by atoms with Crippen molar-refractivity contribution in [1.82, 2.24) is 9.78 Å². The number of carboxylic acid groups (broad SMARTS) is 1. The molecule has 2 aromatic rings. The molecule has 1 amide bonds. The highest BCUT2D eigenvalue weighted by atomic mass is 16.4. The Morgan fingerprint density at radius 3 is 2.95 bits per heavy atom.